The zero-order valence-electron chi connectivity index (χ0n) is 17.9. The monoisotopic (exact) mass is 448 g/mol. The van der Waals surface area contributed by atoms with E-state index in [0.29, 0.717) is 40.9 Å². The van der Waals surface area contributed by atoms with E-state index in [1.807, 2.05) is 30.3 Å². The van der Waals surface area contributed by atoms with Gasteiger partial charge in [-0.2, -0.15) is 4.98 Å². The molecule has 1 heterocycles. The van der Waals surface area contributed by atoms with Gasteiger partial charge in [0.25, 0.3) is 5.89 Å². The van der Waals surface area contributed by atoms with Crippen molar-refractivity contribution in [1.29, 1.82) is 0 Å². The molecule has 0 unspecified atom stereocenters. The molecule has 0 aliphatic heterocycles. The summed E-state index contributed by atoms with van der Waals surface area (Å²) < 4.78 is 34.9. The summed E-state index contributed by atoms with van der Waals surface area (Å²) in [5.41, 5.74) is 2.07. The van der Waals surface area contributed by atoms with E-state index in [-0.39, 0.29) is 19.0 Å². The number of carbonyl (C=O) groups is 1. The van der Waals surface area contributed by atoms with Crippen molar-refractivity contribution in [3.05, 3.63) is 95.6 Å². The average molecular weight is 448 g/mol. The number of rotatable bonds is 10. The maximum atomic E-state index is 13.0. The molecular weight excluding hydrogens is 427 g/mol. The number of ether oxygens (including phenoxy) is 3. The molecule has 0 amide bonds. The summed E-state index contributed by atoms with van der Waals surface area (Å²) in [7, 11) is 1.49. The lowest BCUT2D eigenvalue weighted by atomic mass is 10.1. The Morgan fingerprint density at radius 3 is 2.52 bits per heavy atom. The molecule has 4 aromatic rings. The van der Waals surface area contributed by atoms with Crippen LogP contribution in [0, 0.1) is 5.82 Å². The first-order chi connectivity index (χ1) is 16.1. The molecule has 8 heteroatoms. The van der Waals surface area contributed by atoms with Crippen LogP contribution in [0.1, 0.15) is 21.8 Å². The number of hydrogen-bond acceptors (Lipinski definition) is 7. The Balaban J connectivity index is 1.37. The number of aromatic nitrogens is 2. The van der Waals surface area contributed by atoms with Crippen LogP contribution in [0.4, 0.5) is 4.39 Å². The first-order valence-electron chi connectivity index (χ1n) is 10.2. The Morgan fingerprint density at radius 2 is 1.76 bits per heavy atom. The van der Waals surface area contributed by atoms with Gasteiger partial charge in [-0.15, -0.1) is 0 Å². The van der Waals surface area contributed by atoms with Crippen molar-refractivity contribution in [2.45, 2.75) is 13.2 Å². The standard InChI is InChI=1S/C25H21FN2O5/c1-30-23-13-19(9-12-22(23)32-15-21(29)18-7-10-20(26)11-8-18)25-27-24(33-28-25)16-31-14-17-5-3-2-4-6-17/h2-13H,14-16H2,1H3. The predicted octanol–water partition coefficient (Wildman–Crippen LogP) is 4.86. The second-order valence-corrected chi connectivity index (χ2v) is 7.07. The molecule has 0 radical (unpaired) electrons. The molecule has 7 nitrogen and oxygen atoms in total. The van der Waals surface area contributed by atoms with Crippen LogP contribution in [0.2, 0.25) is 0 Å². The third-order valence-electron chi connectivity index (χ3n) is 4.75. The minimum absolute atomic E-state index is 0.186. The number of hydrogen-bond donors (Lipinski definition) is 0. The lowest BCUT2D eigenvalue weighted by molar-refractivity contribution is 0.0850. The number of nitrogens with zero attached hydrogens (tertiary/aromatic N) is 2. The molecule has 0 saturated carbocycles. The lowest BCUT2D eigenvalue weighted by Crippen LogP contribution is -2.12. The fraction of sp³-hybridized carbons (Fsp3) is 0.160. The molecule has 0 spiro atoms. The highest BCUT2D eigenvalue weighted by Crippen LogP contribution is 2.31. The number of Topliss-reactive ketones (excluding diaryl/α,β-unsaturated/α-hetero) is 1. The number of benzene rings is 3. The van der Waals surface area contributed by atoms with Crippen molar-refractivity contribution in [3.8, 4) is 22.9 Å². The van der Waals surface area contributed by atoms with Gasteiger partial charge in [-0.3, -0.25) is 4.79 Å². The highest BCUT2D eigenvalue weighted by molar-refractivity contribution is 5.97. The van der Waals surface area contributed by atoms with Crippen molar-refractivity contribution in [3.63, 3.8) is 0 Å². The van der Waals surface area contributed by atoms with Gasteiger partial charge in [0.1, 0.15) is 12.4 Å². The third kappa shape index (κ3) is 5.81. The van der Waals surface area contributed by atoms with Gasteiger partial charge in [-0.1, -0.05) is 35.5 Å². The second-order valence-electron chi connectivity index (χ2n) is 7.07. The highest BCUT2D eigenvalue weighted by atomic mass is 19.1. The molecule has 4 rings (SSSR count). The summed E-state index contributed by atoms with van der Waals surface area (Å²) in [6.07, 6.45) is 0. The Labute approximate surface area is 189 Å². The molecular formula is C25H21FN2O5. The first-order valence-corrected chi connectivity index (χ1v) is 10.2. The Hall–Kier alpha value is -4.04. The Kier molecular flexibility index (Phi) is 7.06. The van der Waals surface area contributed by atoms with E-state index in [0.717, 1.165) is 5.56 Å². The fourth-order valence-electron chi connectivity index (χ4n) is 3.05. The average Bonchev–Trinajstić information content (AvgIpc) is 3.32. The Bertz CT molecular complexity index is 1210. The quantitative estimate of drug-likeness (QED) is 0.320. The van der Waals surface area contributed by atoms with Crippen molar-refractivity contribution in [1.82, 2.24) is 10.1 Å². The molecule has 0 saturated heterocycles. The van der Waals surface area contributed by atoms with Gasteiger partial charge >= 0.3 is 0 Å². The van der Waals surface area contributed by atoms with Gasteiger partial charge in [0.2, 0.25) is 5.82 Å². The summed E-state index contributed by atoms with van der Waals surface area (Å²) in [5, 5.41) is 3.99. The SMILES string of the molecule is COc1cc(-c2noc(COCc3ccccc3)n2)ccc1OCC(=O)c1ccc(F)cc1. The molecule has 0 fully saturated rings. The maximum Gasteiger partial charge on any atom is 0.252 e. The predicted molar refractivity (Wildman–Crippen MR) is 117 cm³/mol. The number of ketones is 1. The highest BCUT2D eigenvalue weighted by Gasteiger charge is 2.14. The van der Waals surface area contributed by atoms with Crippen LogP contribution < -0.4 is 9.47 Å². The minimum Gasteiger partial charge on any atom is -0.493 e. The van der Waals surface area contributed by atoms with Gasteiger partial charge in [-0.25, -0.2) is 4.39 Å². The summed E-state index contributed by atoms with van der Waals surface area (Å²) in [5.74, 6) is 0.833. The number of methoxy groups -OCH3 is 1. The topological polar surface area (TPSA) is 83.7 Å². The Morgan fingerprint density at radius 1 is 0.970 bits per heavy atom. The van der Waals surface area contributed by atoms with E-state index < -0.39 is 5.82 Å². The van der Waals surface area contributed by atoms with Gasteiger partial charge in [0, 0.05) is 11.1 Å². The molecule has 1 aromatic heterocycles. The van der Waals surface area contributed by atoms with Crippen LogP contribution in [0.5, 0.6) is 11.5 Å². The van der Waals surface area contributed by atoms with Crippen LogP contribution >= 0.6 is 0 Å². The van der Waals surface area contributed by atoms with Crippen molar-refractivity contribution in [2.24, 2.45) is 0 Å². The lowest BCUT2D eigenvalue weighted by Gasteiger charge is -2.11. The summed E-state index contributed by atoms with van der Waals surface area (Å²) in [6, 6.07) is 20.2. The van der Waals surface area contributed by atoms with E-state index in [9.17, 15) is 9.18 Å². The van der Waals surface area contributed by atoms with E-state index in [1.54, 1.807) is 18.2 Å². The normalized spacial score (nSPS) is 10.7. The summed E-state index contributed by atoms with van der Waals surface area (Å²) in [6.45, 7) is 0.410. The maximum absolute atomic E-state index is 13.0. The fourth-order valence-corrected chi connectivity index (χ4v) is 3.05. The molecule has 0 bridgehead atoms. The molecule has 0 atom stereocenters. The number of halogens is 1. The molecule has 168 valence electrons. The minimum atomic E-state index is -0.405. The van der Waals surface area contributed by atoms with Crippen LogP contribution in [0.25, 0.3) is 11.4 Å². The van der Waals surface area contributed by atoms with Crippen LogP contribution in [-0.4, -0.2) is 29.6 Å². The van der Waals surface area contributed by atoms with Crippen LogP contribution in [0.3, 0.4) is 0 Å². The largest absolute Gasteiger partial charge is 0.493 e. The van der Waals surface area contributed by atoms with Crippen molar-refractivity contribution in [2.75, 3.05) is 13.7 Å². The van der Waals surface area contributed by atoms with Crippen molar-refractivity contribution >= 4 is 5.78 Å². The molecule has 33 heavy (non-hydrogen) atoms. The van der Waals surface area contributed by atoms with Crippen LogP contribution in [0.15, 0.2) is 77.3 Å². The third-order valence-corrected chi connectivity index (χ3v) is 4.75. The summed E-state index contributed by atoms with van der Waals surface area (Å²) >= 11 is 0. The van der Waals surface area contributed by atoms with Crippen LogP contribution in [-0.2, 0) is 18.0 Å². The smallest absolute Gasteiger partial charge is 0.252 e. The van der Waals surface area contributed by atoms with E-state index in [1.165, 1.54) is 31.4 Å². The van der Waals surface area contributed by atoms with E-state index in [4.69, 9.17) is 18.7 Å². The molecule has 3 aromatic carbocycles. The summed E-state index contributed by atoms with van der Waals surface area (Å²) in [4.78, 5) is 16.6. The molecule has 0 N–H and O–H groups in total. The number of carbonyl (C=O) groups excluding carboxylic acids is 1. The van der Waals surface area contributed by atoms with E-state index in [2.05, 4.69) is 10.1 Å². The first kappa shape index (κ1) is 22.2. The molecule has 0 aliphatic carbocycles. The van der Waals surface area contributed by atoms with Gasteiger partial charge < -0.3 is 18.7 Å². The second kappa shape index (κ2) is 10.5. The van der Waals surface area contributed by atoms with E-state index >= 15 is 0 Å². The molecule has 0 aliphatic rings. The van der Waals surface area contributed by atoms with Gasteiger partial charge in [-0.05, 0) is 48.0 Å². The van der Waals surface area contributed by atoms with Gasteiger partial charge in [0.05, 0.1) is 13.7 Å². The van der Waals surface area contributed by atoms with Crippen molar-refractivity contribution < 1.29 is 27.9 Å². The zero-order chi connectivity index (χ0) is 23.0. The zero-order valence-corrected chi connectivity index (χ0v) is 17.9. The van der Waals surface area contributed by atoms with Gasteiger partial charge in [0.15, 0.2) is 23.9 Å².